The Morgan fingerprint density at radius 2 is 2.47 bits per heavy atom. The molecule has 4 nitrogen and oxygen atoms in total. The molecule has 0 aromatic carbocycles. The number of pyridine rings is 1. The summed E-state index contributed by atoms with van der Waals surface area (Å²) in [6, 6.07) is 3.96. The topological polar surface area (TPSA) is 55.0 Å². The number of thiazole rings is 1. The van der Waals surface area contributed by atoms with Crippen LogP contribution in [0.4, 0.5) is 5.13 Å². The summed E-state index contributed by atoms with van der Waals surface area (Å²) in [5.74, 6) is 0.615. The van der Waals surface area contributed by atoms with Gasteiger partial charge >= 0.3 is 0 Å². The molecule has 5 heteroatoms. The first kappa shape index (κ1) is 10.9. The normalized spacial score (nSPS) is 21.0. The maximum atomic E-state index is 5.76. The van der Waals surface area contributed by atoms with Crippen molar-refractivity contribution in [1.29, 1.82) is 0 Å². The molecule has 1 saturated heterocycles. The van der Waals surface area contributed by atoms with Crippen LogP contribution in [-0.4, -0.2) is 29.6 Å². The van der Waals surface area contributed by atoms with Crippen LogP contribution in [0, 0.1) is 5.92 Å². The number of nitrogens with two attached hydrogens (primary N) is 1. The smallest absolute Gasteiger partial charge is 0.187 e. The molecule has 0 spiro atoms. The first-order valence-corrected chi connectivity index (χ1v) is 6.85. The van der Waals surface area contributed by atoms with Crippen molar-refractivity contribution in [3.05, 3.63) is 18.3 Å². The highest BCUT2D eigenvalue weighted by Crippen LogP contribution is 2.29. The van der Waals surface area contributed by atoms with Gasteiger partial charge in [-0.1, -0.05) is 11.3 Å². The van der Waals surface area contributed by atoms with Gasteiger partial charge in [0.15, 0.2) is 5.13 Å². The van der Waals surface area contributed by atoms with Gasteiger partial charge in [0.05, 0.1) is 0 Å². The van der Waals surface area contributed by atoms with Crippen molar-refractivity contribution in [2.75, 3.05) is 24.5 Å². The van der Waals surface area contributed by atoms with Crippen LogP contribution in [0.1, 0.15) is 12.8 Å². The lowest BCUT2D eigenvalue weighted by atomic mass is 9.99. The summed E-state index contributed by atoms with van der Waals surface area (Å²) < 4.78 is 0. The lowest BCUT2D eigenvalue weighted by Gasteiger charge is -2.31. The molecule has 0 aliphatic carbocycles. The molecule has 1 aliphatic rings. The van der Waals surface area contributed by atoms with Crippen LogP contribution in [0.15, 0.2) is 18.3 Å². The van der Waals surface area contributed by atoms with E-state index in [2.05, 4.69) is 14.9 Å². The molecule has 0 saturated carbocycles. The number of anilines is 1. The summed E-state index contributed by atoms with van der Waals surface area (Å²) in [4.78, 5) is 12.4. The van der Waals surface area contributed by atoms with Crippen LogP contribution in [0.25, 0.3) is 10.3 Å². The summed E-state index contributed by atoms with van der Waals surface area (Å²) in [5.41, 5.74) is 6.76. The SMILES string of the molecule is NC[C@H]1CCCN(c2nc3cccnc3s2)C1. The third-order valence-corrected chi connectivity index (χ3v) is 4.32. The minimum atomic E-state index is 0.615. The Morgan fingerprint density at radius 3 is 3.29 bits per heavy atom. The zero-order chi connectivity index (χ0) is 11.7. The van der Waals surface area contributed by atoms with Crippen LogP contribution in [0.3, 0.4) is 0 Å². The predicted molar refractivity (Wildman–Crippen MR) is 71.4 cm³/mol. The molecule has 0 unspecified atom stereocenters. The van der Waals surface area contributed by atoms with Crippen LogP contribution >= 0.6 is 11.3 Å². The van der Waals surface area contributed by atoms with Crippen molar-refractivity contribution in [3.63, 3.8) is 0 Å². The second-order valence-electron chi connectivity index (χ2n) is 4.51. The lowest BCUT2D eigenvalue weighted by Crippen LogP contribution is -2.38. The third kappa shape index (κ3) is 2.12. The van der Waals surface area contributed by atoms with Gasteiger partial charge in [-0.25, -0.2) is 9.97 Å². The zero-order valence-electron chi connectivity index (χ0n) is 9.67. The highest BCUT2D eigenvalue weighted by molar-refractivity contribution is 7.21. The summed E-state index contributed by atoms with van der Waals surface area (Å²) in [7, 11) is 0. The van der Waals surface area contributed by atoms with Gasteiger partial charge in [-0.15, -0.1) is 0 Å². The molecular formula is C12H16N4S. The molecule has 3 rings (SSSR count). The molecule has 0 radical (unpaired) electrons. The highest BCUT2D eigenvalue weighted by Gasteiger charge is 2.21. The molecule has 0 amide bonds. The molecule has 1 atom stereocenters. The van der Waals surface area contributed by atoms with Crippen molar-refractivity contribution in [3.8, 4) is 0 Å². The van der Waals surface area contributed by atoms with E-state index in [1.54, 1.807) is 11.3 Å². The third-order valence-electron chi connectivity index (χ3n) is 3.28. The van der Waals surface area contributed by atoms with E-state index in [4.69, 9.17) is 5.73 Å². The predicted octanol–water partition coefficient (Wildman–Crippen LogP) is 1.87. The monoisotopic (exact) mass is 248 g/mol. The van der Waals surface area contributed by atoms with E-state index >= 15 is 0 Å². The molecule has 2 aromatic heterocycles. The fraction of sp³-hybridized carbons (Fsp3) is 0.500. The van der Waals surface area contributed by atoms with Gasteiger partial charge in [0, 0.05) is 19.3 Å². The van der Waals surface area contributed by atoms with Gasteiger partial charge in [0.2, 0.25) is 0 Å². The Balaban J connectivity index is 1.87. The molecule has 1 aliphatic heterocycles. The van der Waals surface area contributed by atoms with E-state index in [9.17, 15) is 0 Å². The maximum Gasteiger partial charge on any atom is 0.187 e. The second-order valence-corrected chi connectivity index (χ2v) is 5.47. The fourth-order valence-corrected chi connectivity index (χ4v) is 3.27. The van der Waals surface area contributed by atoms with Crippen molar-refractivity contribution < 1.29 is 0 Å². The zero-order valence-corrected chi connectivity index (χ0v) is 10.5. The molecule has 2 N–H and O–H groups in total. The van der Waals surface area contributed by atoms with Gasteiger partial charge in [0.25, 0.3) is 0 Å². The Hall–Kier alpha value is -1.20. The Bertz CT molecular complexity index is 477. The number of fused-ring (bicyclic) bond motifs is 1. The average molecular weight is 248 g/mol. The molecule has 2 aromatic rings. The molecule has 17 heavy (non-hydrogen) atoms. The van der Waals surface area contributed by atoms with Crippen LogP contribution in [0.2, 0.25) is 0 Å². The summed E-state index contributed by atoms with van der Waals surface area (Å²) >= 11 is 1.68. The van der Waals surface area contributed by atoms with Crippen LogP contribution in [-0.2, 0) is 0 Å². The maximum absolute atomic E-state index is 5.76. The molecule has 90 valence electrons. The summed E-state index contributed by atoms with van der Waals surface area (Å²) in [5, 5.41) is 1.09. The molecule has 3 heterocycles. The van der Waals surface area contributed by atoms with Crippen LogP contribution in [0.5, 0.6) is 0 Å². The number of nitrogens with zero attached hydrogens (tertiary/aromatic N) is 3. The van der Waals surface area contributed by atoms with E-state index < -0.39 is 0 Å². The van der Waals surface area contributed by atoms with Crippen molar-refractivity contribution >= 4 is 26.8 Å². The van der Waals surface area contributed by atoms with Crippen LogP contribution < -0.4 is 10.6 Å². The fourth-order valence-electron chi connectivity index (χ4n) is 2.32. The van der Waals surface area contributed by atoms with Gasteiger partial charge in [-0.3, -0.25) is 0 Å². The Morgan fingerprint density at radius 1 is 1.53 bits per heavy atom. The van der Waals surface area contributed by atoms with E-state index in [0.29, 0.717) is 5.92 Å². The first-order valence-electron chi connectivity index (χ1n) is 6.03. The lowest BCUT2D eigenvalue weighted by molar-refractivity contribution is 0.423. The Labute approximate surface area is 104 Å². The number of rotatable bonds is 2. The van der Waals surface area contributed by atoms with E-state index in [0.717, 1.165) is 35.1 Å². The standard InChI is InChI=1S/C12H16N4S/c13-7-9-3-2-6-16(8-9)12-15-10-4-1-5-14-11(10)17-12/h1,4-5,9H,2-3,6-8,13H2/t9-/m1/s1. The van der Waals surface area contributed by atoms with Gasteiger partial charge in [0.1, 0.15) is 10.3 Å². The minimum Gasteiger partial charge on any atom is -0.348 e. The molecular weight excluding hydrogens is 232 g/mol. The Kier molecular flexibility index (Phi) is 2.94. The number of piperidine rings is 1. The second kappa shape index (κ2) is 4.58. The largest absolute Gasteiger partial charge is 0.348 e. The highest BCUT2D eigenvalue weighted by atomic mass is 32.1. The minimum absolute atomic E-state index is 0.615. The number of hydrogen-bond donors (Lipinski definition) is 1. The van der Waals surface area contributed by atoms with Gasteiger partial charge in [-0.05, 0) is 37.4 Å². The first-order chi connectivity index (χ1) is 8.36. The van der Waals surface area contributed by atoms with Crippen molar-refractivity contribution in [2.24, 2.45) is 11.7 Å². The van der Waals surface area contributed by atoms with E-state index in [1.165, 1.54) is 12.8 Å². The average Bonchev–Trinajstić information content (AvgIpc) is 2.82. The van der Waals surface area contributed by atoms with Crippen molar-refractivity contribution in [2.45, 2.75) is 12.8 Å². The van der Waals surface area contributed by atoms with Gasteiger partial charge < -0.3 is 10.6 Å². The molecule has 1 fully saturated rings. The quantitative estimate of drug-likeness (QED) is 0.881. The van der Waals surface area contributed by atoms with E-state index in [-0.39, 0.29) is 0 Å². The van der Waals surface area contributed by atoms with Crippen molar-refractivity contribution in [1.82, 2.24) is 9.97 Å². The molecule has 0 bridgehead atoms. The summed E-state index contributed by atoms with van der Waals surface area (Å²) in [6.07, 6.45) is 4.28. The van der Waals surface area contributed by atoms with Gasteiger partial charge in [-0.2, -0.15) is 0 Å². The summed E-state index contributed by atoms with van der Waals surface area (Å²) in [6.45, 7) is 2.91. The number of aromatic nitrogens is 2. The number of hydrogen-bond acceptors (Lipinski definition) is 5. The van der Waals surface area contributed by atoms with E-state index in [1.807, 2.05) is 18.3 Å².